The molecule has 10 heteroatoms. The van der Waals surface area contributed by atoms with Crippen LogP contribution in [-0.2, 0) is 21.1 Å². The number of carbonyl (C=O) groups is 1. The predicted molar refractivity (Wildman–Crippen MR) is 167 cm³/mol. The lowest BCUT2D eigenvalue weighted by Gasteiger charge is -2.47. The number of nitrogens with zero attached hydrogens (tertiary/aromatic N) is 4. The van der Waals surface area contributed by atoms with Gasteiger partial charge in [-0.05, 0) is 94.5 Å². The van der Waals surface area contributed by atoms with Crippen molar-refractivity contribution in [2.75, 3.05) is 24.2 Å². The first-order valence-corrected chi connectivity index (χ1v) is 16.5. The number of anilines is 1. The van der Waals surface area contributed by atoms with E-state index in [9.17, 15) is 13.2 Å². The predicted octanol–water partition coefficient (Wildman–Crippen LogP) is 5.30. The molecular formula is C33H37N5O4S. The number of hydrogen-bond donors (Lipinski definition) is 1. The second kappa shape index (κ2) is 10.7. The summed E-state index contributed by atoms with van der Waals surface area (Å²) in [5, 5.41) is 3.75. The maximum atomic E-state index is 13.0. The molecule has 3 aromatic heterocycles. The van der Waals surface area contributed by atoms with Crippen LogP contribution in [0.4, 0.5) is 5.82 Å². The average Bonchev–Trinajstić information content (AvgIpc) is 3.79. The van der Waals surface area contributed by atoms with Gasteiger partial charge in [0.15, 0.2) is 9.84 Å². The fraction of sp³-hybridized carbons (Fsp3) is 0.394. The van der Waals surface area contributed by atoms with E-state index in [-0.39, 0.29) is 34.5 Å². The Labute approximate surface area is 252 Å². The first kappa shape index (κ1) is 29.2. The van der Waals surface area contributed by atoms with E-state index >= 15 is 0 Å². The van der Waals surface area contributed by atoms with E-state index in [1.807, 2.05) is 36.4 Å². The van der Waals surface area contributed by atoms with Gasteiger partial charge in [0, 0.05) is 36.5 Å². The van der Waals surface area contributed by atoms with Gasteiger partial charge in [-0.25, -0.2) is 18.4 Å². The average molecular weight is 600 g/mol. The van der Waals surface area contributed by atoms with Crippen molar-refractivity contribution in [2.45, 2.75) is 69.1 Å². The Morgan fingerprint density at radius 1 is 0.977 bits per heavy atom. The van der Waals surface area contributed by atoms with Crippen LogP contribution in [-0.4, -0.2) is 59.8 Å². The summed E-state index contributed by atoms with van der Waals surface area (Å²) in [7, 11) is -3.45. The minimum absolute atomic E-state index is 0.176. The molecule has 1 N–H and O–H groups in total. The van der Waals surface area contributed by atoms with Crippen molar-refractivity contribution >= 4 is 32.5 Å². The summed E-state index contributed by atoms with van der Waals surface area (Å²) < 4.78 is 31.0. The van der Waals surface area contributed by atoms with Gasteiger partial charge in [-0.15, -0.1) is 0 Å². The van der Waals surface area contributed by atoms with E-state index in [2.05, 4.69) is 42.9 Å². The van der Waals surface area contributed by atoms with E-state index in [4.69, 9.17) is 14.7 Å². The van der Waals surface area contributed by atoms with Crippen molar-refractivity contribution < 1.29 is 17.9 Å². The molecule has 0 unspecified atom stereocenters. The Morgan fingerprint density at radius 2 is 1.70 bits per heavy atom. The number of hydrogen-bond acceptors (Lipinski definition) is 8. The molecule has 4 aromatic rings. The van der Waals surface area contributed by atoms with Crippen LogP contribution in [0.1, 0.15) is 68.1 Å². The monoisotopic (exact) mass is 599 g/mol. The Morgan fingerprint density at radius 3 is 2.40 bits per heavy atom. The van der Waals surface area contributed by atoms with Gasteiger partial charge in [0.1, 0.15) is 5.82 Å². The van der Waals surface area contributed by atoms with Gasteiger partial charge in [-0.3, -0.25) is 9.78 Å². The molecule has 43 heavy (non-hydrogen) atoms. The number of carbonyl (C=O) groups excluding carboxylic acids is 1. The fourth-order valence-electron chi connectivity index (χ4n) is 5.99. The zero-order chi connectivity index (χ0) is 30.6. The van der Waals surface area contributed by atoms with Crippen LogP contribution in [0.5, 0.6) is 0 Å². The lowest BCUT2D eigenvalue weighted by molar-refractivity contribution is -0.133. The first-order valence-electron chi connectivity index (χ1n) is 14.6. The largest absolute Gasteiger partial charge is 0.366 e. The van der Waals surface area contributed by atoms with E-state index in [0.717, 1.165) is 59.6 Å². The van der Waals surface area contributed by atoms with Gasteiger partial charge in [0.05, 0.1) is 45.2 Å². The summed E-state index contributed by atoms with van der Waals surface area (Å²) >= 11 is 0. The number of fused-ring (bicyclic) bond motifs is 1. The van der Waals surface area contributed by atoms with Crippen molar-refractivity contribution in [3.63, 3.8) is 0 Å². The maximum Gasteiger partial charge on any atom is 0.251 e. The highest BCUT2D eigenvalue weighted by Gasteiger charge is 2.38. The van der Waals surface area contributed by atoms with Gasteiger partial charge in [-0.1, -0.05) is 12.1 Å². The summed E-state index contributed by atoms with van der Waals surface area (Å²) in [5.41, 5.74) is 3.41. The molecule has 0 radical (unpaired) electrons. The molecule has 2 aliphatic rings. The van der Waals surface area contributed by atoms with Crippen LogP contribution < -0.4 is 10.2 Å². The summed E-state index contributed by atoms with van der Waals surface area (Å²) in [6, 6.07) is 16.7. The Kier molecular flexibility index (Phi) is 7.25. The second-order valence-corrected chi connectivity index (χ2v) is 14.9. The van der Waals surface area contributed by atoms with Gasteiger partial charge < -0.3 is 15.0 Å². The van der Waals surface area contributed by atoms with Gasteiger partial charge >= 0.3 is 0 Å². The Balaban J connectivity index is 1.20. The number of nitrogens with one attached hydrogen (secondary N) is 1. The molecule has 1 saturated heterocycles. The molecule has 1 aliphatic carbocycles. The van der Waals surface area contributed by atoms with E-state index in [0.29, 0.717) is 11.3 Å². The van der Waals surface area contributed by atoms with Crippen LogP contribution in [0.2, 0.25) is 0 Å². The number of morpholine rings is 1. The molecule has 1 aliphatic heterocycles. The molecule has 0 bridgehead atoms. The summed E-state index contributed by atoms with van der Waals surface area (Å²) in [5.74, 6) is 0.787. The molecular weight excluding hydrogens is 562 g/mol. The van der Waals surface area contributed by atoms with Gasteiger partial charge in [0.25, 0.3) is 5.91 Å². The fourth-order valence-corrected chi connectivity index (χ4v) is 6.99. The van der Waals surface area contributed by atoms with Crippen LogP contribution in [0.3, 0.4) is 0 Å². The van der Waals surface area contributed by atoms with E-state index in [1.165, 1.54) is 12.3 Å². The second-order valence-electron chi connectivity index (χ2n) is 12.9. The van der Waals surface area contributed by atoms with Crippen LogP contribution in [0.25, 0.3) is 22.3 Å². The van der Waals surface area contributed by atoms with E-state index < -0.39 is 9.84 Å². The quantitative estimate of drug-likeness (QED) is 0.305. The van der Waals surface area contributed by atoms with Crippen LogP contribution in [0.15, 0.2) is 65.7 Å². The molecule has 0 spiro atoms. The lowest BCUT2D eigenvalue weighted by atomic mass is 9.99. The maximum absolute atomic E-state index is 13.0. The van der Waals surface area contributed by atoms with Gasteiger partial charge in [0.2, 0.25) is 0 Å². The van der Waals surface area contributed by atoms with Crippen molar-refractivity contribution in [2.24, 2.45) is 0 Å². The Hall–Kier alpha value is -3.89. The number of ether oxygens (including phenoxy) is 1. The molecule has 6 rings (SSSR count). The van der Waals surface area contributed by atoms with Gasteiger partial charge in [-0.2, -0.15) is 0 Å². The molecule has 224 valence electrons. The number of pyridine rings is 3. The first-order chi connectivity index (χ1) is 20.3. The summed E-state index contributed by atoms with van der Waals surface area (Å²) in [6.07, 6.45) is 4.88. The van der Waals surface area contributed by atoms with Crippen molar-refractivity contribution in [1.82, 2.24) is 20.3 Å². The standard InChI is InChI=1S/C33H37N5O4S/c1-32(2)19-38(20-33(3,4)42-32)30-8-6-7-26(37-30)27-14-12-23-17-34-24(16-28(23)36-27)18-35-31(39)22-11-13-25(21-9-10-21)29(15-22)43(5,40)41/h6-8,11-17,21H,9-10,18-20H2,1-5H3,(H,35,39). The third-order valence-electron chi connectivity index (χ3n) is 7.77. The highest BCUT2D eigenvalue weighted by Crippen LogP contribution is 2.43. The molecule has 9 nitrogen and oxygen atoms in total. The lowest BCUT2D eigenvalue weighted by Crippen LogP contribution is -2.57. The highest BCUT2D eigenvalue weighted by molar-refractivity contribution is 7.90. The SMILES string of the molecule is CC1(C)CN(c2cccc(-c3ccc4cnc(CNC(=O)c5ccc(C6CC6)c(S(C)(=O)=O)c5)cc4n3)n2)CC(C)(C)O1. The number of sulfone groups is 1. The Bertz CT molecular complexity index is 1820. The van der Waals surface area contributed by atoms with Crippen molar-refractivity contribution in [3.05, 3.63) is 77.6 Å². The number of aromatic nitrogens is 3. The molecule has 2 fully saturated rings. The smallest absolute Gasteiger partial charge is 0.251 e. The highest BCUT2D eigenvalue weighted by atomic mass is 32.2. The number of amides is 1. The molecule has 1 aromatic carbocycles. The summed E-state index contributed by atoms with van der Waals surface area (Å²) in [4.78, 5) is 29.8. The van der Waals surface area contributed by atoms with Crippen LogP contribution in [0, 0.1) is 0 Å². The topological polar surface area (TPSA) is 114 Å². The third kappa shape index (κ3) is 6.55. The minimum Gasteiger partial charge on any atom is -0.366 e. The van der Waals surface area contributed by atoms with Crippen molar-refractivity contribution in [1.29, 1.82) is 0 Å². The van der Waals surface area contributed by atoms with Crippen molar-refractivity contribution in [3.8, 4) is 11.4 Å². The third-order valence-corrected chi connectivity index (χ3v) is 8.92. The number of rotatable bonds is 7. The van der Waals surface area contributed by atoms with Crippen LogP contribution >= 0.6 is 0 Å². The normalized spacial score (nSPS) is 18.0. The molecule has 1 amide bonds. The number of benzene rings is 1. The van der Waals surface area contributed by atoms with E-state index in [1.54, 1.807) is 18.3 Å². The zero-order valence-corrected chi connectivity index (χ0v) is 26.0. The summed E-state index contributed by atoms with van der Waals surface area (Å²) in [6.45, 7) is 10.0. The molecule has 0 atom stereocenters. The zero-order valence-electron chi connectivity index (χ0n) is 25.2. The molecule has 4 heterocycles. The minimum atomic E-state index is -3.45. The molecule has 1 saturated carbocycles.